The van der Waals surface area contributed by atoms with Gasteiger partial charge < -0.3 is 15.5 Å². The number of halogens is 1. The van der Waals surface area contributed by atoms with Crippen LogP contribution in [0.4, 0.5) is 15.8 Å². The second-order valence-electron chi connectivity index (χ2n) is 5.63. The average Bonchev–Trinajstić information content (AvgIpc) is 2.62. The van der Waals surface area contributed by atoms with Crippen LogP contribution in [-0.4, -0.2) is 41.6 Å². The van der Waals surface area contributed by atoms with Crippen molar-refractivity contribution in [1.82, 2.24) is 5.32 Å². The Morgan fingerprint density at radius 3 is 2.54 bits per heavy atom. The number of hydrogen-bond donors (Lipinski definition) is 2. The van der Waals surface area contributed by atoms with Crippen LogP contribution in [0, 0.1) is 5.82 Å². The molecule has 1 aliphatic rings. The van der Waals surface area contributed by atoms with Gasteiger partial charge in [0.05, 0.1) is 15.5 Å². The minimum atomic E-state index is -3.79. The molecule has 1 aliphatic heterocycles. The van der Waals surface area contributed by atoms with Crippen molar-refractivity contribution in [2.45, 2.75) is 9.79 Å². The lowest BCUT2D eigenvalue weighted by molar-refractivity contribution is 0.588. The molecule has 1 heterocycles. The quantitative estimate of drug-likeness (QED) is 0.885. The Labute approximate surface area is 141 Å². The van der Waals surface area contributed by atoms with E-state index in [2.05, 4.69) is 15.5 Å². The predicted octanol–water partition coefficient (Wildman–Crippen LogP) is 2.11. The largest absolute Gasteiger partial charge is 0.387 e. The molecule has 128 valence electrons. The van der Waals surface area contributed by atoms with Gasteiger partial charge in [0.1, 0.15) is 5.82 Å². The number of benzene rings is 2. The van der Waals surface area contributed by atoms with Crippen molar-refractivity contribution in [2.75, 3.05) is 43.4 Å². The van der Waals surface area contributed by atoms with E-state index in [4.69, 9.17) is 0 Å². The SMILES string of the molecule is CNc1cc(N2CCNCC2)ccc1S(=O)(=O)c1cccc(F)c1. The van der Waals surface area contributed by atoms with Crippen LogP contribution in [0.1, 0.15) is 0 Å². The molecule has 0 bridgehead atoms. The van der Waals surface area contributed by atoms with Gasteiger partial charge in [0.15, 0.2) is 0 Å². The Kier molecular flexibility index (Phi) is 4.73. The van der Waals surface area contributed by atoms with Crippen molar-refractivity contribution in [3.05, 3.63) is 48.3 Å². The average molecular weight is 349 g/mol. The fourth-order valence-electron chi connectivity index (χ4n) is 2.83. The fourth-order valence-corrected chi connectivity index (χ4v) is 4.31. The summed E-state index contributed by atoms with van der Waals surface area (Å²) in [7, 11) is -2.10. The minimum absolute atomic E-state index is 0.0473. The topological polar surface area (TPSA) is 61.4 Å². The first-order valence-corrected chi connectivity index (χ1v) is 9.29. The summed E-state index contributed by atoms with van der Waals surface area (Å²) in [6.45, 7) is 3.55. The lowest BCUT2D eigenvalue weighted by Gasteiger charge is -2.30. The molecule has 0 radical (unpaired) electrons. The zero-order valence-electron chi connectivity index (χ0n) is 13.4. The first-order valence-electron chi connectivity index (χ1n) is 7.80. The van der Waals surface area contributed by atoms with Crippen LogP contribution in [0.2, 0.25) is 0 Å². The van der Waals surface area contributed by atoms with Gasteiger partial charge in [0, 0.05) is 38.9 Å². The predicted molar refractivity (Wildman–Crippen MR) is 92.9 cm³/mol. The molecule has 0 saturated carbocycles. The number of piperazine rings is 1. The van der Waals surface area contributed by atoms with Crippen molar-refractivity contribution in [2.24, 2.45) is 0 Å². The summed E-state index contributed by atoms with van der Waals surface area (Å²) in [4.78, 5) is 2.30. The Bertz CT molecular complexity index is 833. The van der Waals surface area contributed by atoms with Crippen LogP contribution in [-0.2, 0) is 9.84 Å². The van der Waals surface area contributed by atoms with Crippen LogP contribution < -0.4 is 15.5 Å². The molecule has 0 atom stereocenters. The van der Waals surface area contributed by atoms with Crippen molar-refractivity contribution in [1.29, 1.82) is 0 Å². The summed E-state index contributed by atoms with van der Waals surface area (Å²) in [6.07, 6.45) is 0. The lowest BCUT2D eigenvalue weighted by atomic mass is 10.2. The molecule has 2 N–H and O–H groups in total. The second kappa shape index (κ2) is 6.78. The van der Waals surface area contributed by atoms with Crippen molar-refractivity contribution >= 4 is 21.2 Å². The van der Waals surface area contributed by atoms with Gasteiger partial charge in [-0.15, -0.1) is 0 Å². The van der Waals surface area contributed by atoms with E-state index in [1.807, 2.05) is 6.07 Å². The van der Waals surface area contributed by atoms with Crippen molar-refractivity contribution in [3.8, 4) is 0 Å². The highest BCUT2D eigenvalue weighted by Gasteiger charge is 2.23. The third-order valence-corrected chi connectivity index (χ3v) is 5.92. The molecule has 2 aromatic rings. The van der Waals surface area contributed by atoms with E-state index in [1.54, 1.807) is 19.2 Å². The maximum absolute atomic E-state index is 13.4. The van der Waals surface area contributed by atoms with Crippen LogP contribution in [0.15, 0.2) is 52.3 Å². The van der Waals surface area contributed by atoms with E-state index in [0.29, 0.717) is 5.69 Å². The molecule has 0 unspecified atom stereocenters. The summed E-state index contributed by atoms with van der Waals surface area (Å²) in [6, 6.07) is 10.3. The number of nitrogens with zero attached hydrogens (tertiary/aromatic N) is 1. The smallest absolute Gasteiger partial charge is 0.208 e. The summed E-state index contributed by atoms with van der Waals surface area (Å²) < 4.78 is 39.1. The number of anilines is 2. The molecule has 0 amide bonds. The number of sulfone groups is 1. The van der Waals surface area contributed by atoms with Crippen molar-refractivity contribution in [3.63, 3.8) is 0 Å². The highest BCUT2D eigenvalue weighted by atomic mass is 32.2. The molecule has 3 rings (SSSR count). The van der Waals surface area contributed by atoms with E-state index < -0.39 is 15.7 Å². The number of nitrogens with one attached hydrogen (secondary N) is 2. The van der Waals surface area contributed by atoms with E-state index >= 15 is 0 Å². The standard InChI is InChI=1S/C17H20FN3O2S/c1-19-16-12-14(21-9-7-20-8-10-21)5-6-17(16)24(22,23)15-4-2-3-13(18)11-15/h2-6,11-12,19-20H,7-10H2,1H3. The van der Waals surface area contributed by atoms with Crippen LogP contribution in [0.5, 0.6) is 0 Å². The van der Waals surface area contributed by atoms with Gasteiger partial charge in [-0.1, -0.05) is 6.07 Å². The molecule has 24 heavy (non-hydrogen) atoms. The molecule has 7 heteroatoms. The van der Waals surface area contributed by atoms with Gasteiger partial charge in [0.2, 0.25) is 9.84 Å². The van der Waals surface area contributed by atoms with Crippen LogP contribution in [0.3, 0.4) is 0 Å². The van der Waals surface area contributed by atoms with Gasteiger partial charge in [-0.05, 0) is 36.4 Å². The van der Waals surface area contributed by atoms with Gasteiger partial charge >= 0.3 is 0 Å². The number of rotatable bonds is 4. The molecular weight excluding hydrogens is 329 g/mol. The first kappa shape index (κ1) is 16.7. The van der Waals surface area contributed by atoms with Gasteiger partial charge in [-0.3, -0.25) is 0 Å². The fraction of sp³-hybridized carbons (Fsp3) is 0.294. The summed E-state index contributed by atoms with van der Waals surface area (Å²) in [5.41, 5.74) is 1.48. The zero-order chi connectivity index (χ0) is 17.2. The molecule has 0 spiro atoms. The molecular formula is C17H20FN3O2S. The Morgan fingerprint density at radius 1 is 1.12 bits per heavy atom. The molecule has 0 aliphatic carbocycles. The minimum Gasteiger partial charge on any atom is -0.387 e. The Balaban J connectivity index is 2.01. The molecule has 1 fully saturated rings. The second-order valence-corrected chi connectivity index (χ2v) is 7.55. The zero-order valence-corrected chi connectivity index (χ0v) is 14.2. The van der Waals surface area contributed by atoms with E-state index in [1.165, 1.54) is 18.2 Å². The monoisotopic (exact) mass is 349 g/mol. The summed E-state index contributed by atoms with van der Waals surface area (Å²) in [5, 5.41) is 6.24. The number of hydrogen-bond acceptors (Lipinski definition) is 5. The normalized spacial score (nSPS) is 15.3. The third-order valence-electron chi connectivity index (χ3n) is 4.11. The van der Waals surface area contributed by atoms with Crippen LogP contribution in [0.25, 0.3) is 0 Å². The summed E-state index contributed by atoms with van der Waals surface area (Å²) in [5.74, 6) is -0.570. The van der Waals surface area contributed by atoms with E-state index in [9.17, 15) is 12.8 Å². The molecule has 5 nitrogen and oxygen atoms in total. The first-order chi connectivity index (χ1) is 11.5. The van der Waals surface area contributed by atoms with Crippen LogP contribution >= 0.6 is 0 Å². The van der Waals surface area contributed by atoms with Gasteiger partial charge in [-0.2, -0.15) is 0 Å². The van der Waals surface area contributed by atoms with E-state index in [0.717, 1.165) is 37.9 Å². The molecule has 2 aromatic carbocycles. The molecule has 0 aromatic heterocycles. The highest BCUT2D eigenvalue weighted by Crippen LogP contribution is 2.31. The maximum Gasteiger partial charge on any atom is 0.208 e. The van der Waals surface area contributed by atoms with Gasteiger partial charge in [-0.25, -0.2) is 12.8 Å². The third kappa shape index (κ3) is 3.22. The summed E-state index contributed by atoms with van der Waals surface area (Å²) >= 11 is 0. The van der Waals surface area contributed by atoms with Gasteiger partial charge in [0.25, 0.3) is 0 Å². The lowest BCUT2D eigenvalue weighted by Crippen LogP contribution is -2.43. The van der Waals surface area contributed by atoms with E-state index in [-0.39, 0.29) is 9.79 Å². The highest BCUT2D eigenvalue weighted by molar-refractivity contribution is 7.91. The Morgan fingerprint density at radius 2 is 1.88 bits per heavy atom. The Hall–Kier alpha value is -2.12. The van der Waals surface area contributed by atoms with Crippen molar-refractivity contribution < 1.29 is 12.8 Å². The maximum atomic E-state index is 13.4. The molecule has 1 saturated heterocycles.